The number of carboxylic acids is 1. The van der Waals surface area contributed by atoms with Crippen molar-refractivity contribution in [3.63, 3.8) is 0 Å². The summed E-state index contributed by atoms with van der Waals surface area (Å²) in [6.07, 6.45) is 2.19. The molecule has 20 heavy (non-hydrogen) atoms. The summed E-state index contributed by atoms with van der Waals surface area (Å²) in [6.45, 7) is -0.0509. The van der Waals surface area contributed by atoms with Crippen molar-refractivity contribution in [1.82, 2.24) is 14.9 Å². The fraction of sp³-hybridized carbons (Fsp3) is 0.455. The van der Waals surface area contributed by atoms with Gasteiger partial charge in [-0.25, -0.2) is 14.8 Å². The summed E-state index contributed by atoms with van der Waals surface area (Å²) in [5, 5.41) is 19.1. The van der Waals surface area contributed by atoms with Gasteiger partial charge in [-0.2, -0.15) is 0 Å². The zero-order valence-electron chi connectivity index (χ0n) is 10.5. The van der Waals surface area contributed by atoms with Crippen molar-refractivity contribution in [2.24, 2.45) is 0 Å². The fourth-order valence-electron chi connectivity index (χ4n) is 2.01. The van der Waals surface area contributed by atoms with Crippen LogP contribution in [0.15, 0.2) is 11.4 Å². The smallest absolute Gasteiger partial charge is 0.326 e. The predicted molar refractivity (Wildman–Crippen MR) is 71.9 cm³/mol. The molecule has 108 valence electrons. The maximum Gasteiger partial charge on any atom is 0.326 e. The van der Waals surface area contributed by atoms with Gasteiger partial charge in [0.15, 0.2) is 10.9 Å². The second-order valence-electron chi connectivity index (χ2n) is 4.25. The minimum atomic E-state index is -1.16. The van der Waals surface area contributed by atoms with Crippen LogP contribution in [0, 0.1) is 0 Å². The molecule has 1 amide bonds. The molecule has 1 saturated heterocycles. The van der Waals surface area contributed by atoms with Gasteiger partial charge >= 0.3 is 5.97 Å². The van der Waals surface area contributed by atoms with Crippen molar-refractivity contribution >= 4 is 35.2 Å². The molecule has 7 nitrogen and oxygen atoms in total. The first-order chi connectivity index (χ1) is 9.43. The van der Waals surface area contributed by atoms with Gasteiger partial charge in [0.25, 0.3) is 5.91 Å². The summed E-state index contributed by atoms with van der Waals surface area (Å²) in [5.41, 5.74) is -0.0497. The Labute approximate surface area is 124 Å². The number of nitrogens with zero attached hydrogens (tertiary/aromatic N) is 3. The van der Waals surface area contributed by atoms with Gasteiger partial charge in [-0.05, 0) is 6.26 Å². The molecular formula is C11H12ClN3O4S. The van der Waals surface area contributed by atoms with E-state index in [-0.39, 0.29) is 23.7 Å². The normalized spacial score (nSPS) is 22.1. The second-order valence-corrected chi connectivity index (χ2v) is 5.43. The number of rotatable bonds is 3. The molecule has 1 aromatic heterocycles. The highest BCUT2D eigenvalue weighted by Crippen LogP contribution is 2.24. The van der Waals surface area contributed by atoms with E-state index in [9.17, 15) is 14.7 Å². The number of carbonyl (C=O) groups excluding carboxylic acids is 1. The highest BCUT2D eigenvalue weighted by Gasteiger charge is 2.40. The van der Waals surface area contributed by atoms with Gasteiger partial charge < -0.3 is 15.1 Å². The van der Waals surface area contributed by atoms with Crippen LogP contribution in [-0.2, 0) is 4.79 Å². The lowest BCUT2D eigenvalue weighted by Gasteiger charge is -2.21. The number of aliphatic hydroxyl groups is 1. The van der Waals surface area contributed by atoms with E-state index >= 15 is 0 Å². The Morgan fingerprint density at radius 3 is 2.85 bits per heavy atom. The third-order valence-corrected chi connectivity index (χ3v) is 3.77. The molecule has 2 N–H and O–H groups in total. The number of hydrogen-bond donors (Lipinski definition) is 2. The van der Waals surface area contributed by atoms with Crippen LogP contribution in [-0.4, -0.2) is 61.9 Å². The Bertz CT molecular complexity index is 556. The van der Waals surface area contributed by atoms with E-state index in [4.69, 9.17) is 16.7 Å². The molecular weight excluding hydrogens is 306 g/mol. The van der Waals surface area contributed by atoms with Crippen molar-refractivity contribution in [3.8, 4) is 0 Å². The van der Waals surface area contributed by atoms with Gasteiger partial charge in [0, 0.05) is 13.0 Å². The van der Waals surface area contributed by atoms with Gasteiger partial charge in [0.2, 0.25) is 0 Å². The molecule has 1 fully saturated rings. The van der Waals surface area contributed by atoms with E-state index in [1.54, 1.807) is 6.26 Å². The highest BCUT2D eigenvalue weighted by molar-refractivity contribution is 7.98. The Morgan fingerprint density at radius 2 is 2.25 bits per heavy atom. The first-order valence-electron chi connectivity index (χ1n) is 5.72. The zero-order chi connectivity index (χ0) is 14.9. The number of aromatic nitrogens is 2. The van der Waals surface area contributed by atoms with Crippen LogP contribution >= 0.6 is 23.4 Å². The molecule has 0 aliphatic carbocycles. The van der Waals surface area contributed by atoms with Crippen LogP contribution in [0.5, 0.6) is 0 Å². The van der Waals surface area contributed by atoms with E-state index in [1.165, 1.54) is 18.0 Å². The van der Waals surface area contributed by atoms with Crippen molar-refractivity contribution in [1.29, 1.82) is 0 Å². The van der Waals surface area contributed by atoms with Crippen molar-refractivity contribution < 1.29 is 19.8 Å². The van der Waals surface area contributed by atoms with E-state index in [1.807, 2.05) is 0 Å². The zero-order valence-corrected chi connectivity index (χ0v) is 12.1. The molecule has 0 spiro atoms. The van der Waals surface area contributed by atoms with Gasteiger partial charge in [0.05, 0.1) is 17.3 Å². The van der Waals surface area contributed by atoms with Gasteiger partial charge in [-0.1, -0.05) is 23.4 Å². The van der Waals surface area contributed by atoms with Gasteiger partial charge in [0.1, 0.15) is 6.04 Å². The van der Waals surface area contributed by atoms with E-state index < -0.39 is 24.0 Å². The number of aliphatic hydroxyl groups excluding tert-OH is 1. The monoisotopic (exact) mass is 317 g/mol. The molecule has 2 atom stereocenters. The van der Waals surface area contributed by atoms with Crippen LogP contribution < -0.4 is 0 Å². The average Bonchev–Trinajstić information content (AvgIpc) is 2.81. The molecule has 1 aliphatic heterocycles. The second kappa shape index (κ2) is 5.94. The lowest BCUT2D eigenvalue weighted by molar-refractivity contribution is -0.141. The maximum atomic E-state index is 12.4. The quantitative estimate of drug-likeness (QED) is 0.618. The standard InChI is InChI=1S/C11H12ClN3O4S/c1-20-11-13-3-6(12)8(14-11)9(17)15-4-5(16)2-7(15)10(18)19/h3,5,7,16H,2,4H2,1H3,(H,18,19)/t5-,7-/m0/s1. The molecule has 1 aromatic rings. The first-order valence-corrected chi connectivity index (χ1v) is 7.32. The summed E-state index contributed by atoms with van der Waals surface area (Å²) in [7, 11) is 0. The summed E-state index contributed by atoms with van der Waals surface area (Å²) < 4.78 is 0. The molecule has 2 rings (SSSR count). The highest BCUT2D eigenvalue weighted by atomic mass is 35.5. The summed E-state index contributed by atoms with van der Waals surface area (Å²) in [5.74, 6) is -1.78. The lowest BCUT2D eigenvalue weighted by Crippen LogP contribution is -2.41. The number of halogens is 1. The summed E-state index contributed by atoms with van der Waals surface area (Å²) >= 11 is 7.14. The van der Waals surface area contributed by atoms with Crippen molar-refractivity contribution in [2.75, 3.05) is 12.8 Å². The summed E-state index contributed by atoms with van der Waals surface area (Å²) in [4.78, 5) is 32.5. The molecule has 0 bridgehead atoms. The molecule has 0 aromatic carbocycles. The third kappa shape index (κ3) is 2.87. The molecule has 0 radical (unpaired) electrons. The number of thioether (sulfide) groups is 1. The SMILES string of the molecule is CSc1ncc(Cl)c(C(=O)N2C[C@@H](O)C[C@H]2C(=O)O)n1. The number of carboxylic acid groups (broad SMARTS) is 1. The van der Waals surface area contributed by atoms with Gasteiger partial charge in [-0.3, -0.25) is 4.79 Å². The third-order valence-electron chi connectivity index (χ3n) is 2.93. The Hall–Kier alpha value is -1.38. The Balaban J connectivity index is 2.33. The lowest BCUT2D eigenvalue weighted by atomic mass is 10.2. The van der Waals surface area contributed by atoms with E-state index in [0.29, 0.717) is 5.16 Å². The first kappa shape index (κ1) is 15.0. The van der Waals surface area contributed by atoms with E-state index in [0.717, 1.165) is 4.90 Å². The van der Waals surface area contributed by atoms with Crippen molar-refractivity contribution in [3.05, 3.63) is 16.9 Å². The minimum Gasteiger partial charge on any atom is -0.480 e. The summed E-state index contributed by atoms with van der Waals surface area (Å²) in [6, 6.07) is -1.07. The van der Waals surface area contributed by atoms with Crippen LogP contribution in [0.4, 0.5) is 0 Å². The van der Waals surface area contributed by atoms with E-state index in [2.05, 4.69) is 9.97 Å². The molecule has 1 aliphatic rings. The van der Waals surface area contributed by atoms with Crippen LogP contribution in [0.1, 0.15) is 16.9 Å². The molecule has 2 heterocycles. The fourth-order valence-corrected chi connectivity index (χ4v) is 2.52. The number of aliphatic carboxylic acids is 1. The Morgan fingerprint density at radius 1 is 1.55 bits per heavy atom. The Kier molecular flexibility index (Phi) is 4.46. The number of β-amino-alcohol motifs (C(OH)–C–C–N with tert-alkyl or cyclic N) is 1. The molecule has 0 unspecified atom stereocenters. The number of carbonyl (C=O) groups is 2. The minimum absolute atomic E-state index is 0.000832. The molecule has 9 heteroatoms. The number of amides is 1. The predicted octanol–water partition coefficient (Wildman–Crippen LogP) is 0.512. The topological polar surface area (TPSA) is 104 Å². The van der Waals surface area contributed by atoms with Crippen molar-refractivity contribution in [2.45, 2.75) is 23.7 Å². The van der Waals surface area contributed by atoms with Crippen LogP contribution in [0.2, 0.25) is 5.02 Å². The average molecular weight is 318 g/mol. The molecule has 0 saturated carbocycles. The number of hydrogen-bond acceptors (Lipinski definition) is 6. The maximum absolute atomic E-state index is 12.4. The number of likely N-dealkylation sites (tertiary alicyclic amines) is 1. The largest absolute Gasteiger partial charge is 0.480 e. The van der Waals surface area contributed by atoms with Crippen LogP contribution in [0.3, 0.4) is 0 Å². The van der Waals surface area contributed by atoms with Gasteiger partial charge in [-0.15, -0.1) is 0 Å². The van der Waals surface area contributed by atoms with Crippen LogP contribution in [0.25, 0.3) is 0 Å².